The second-order valence-electron chi connectivity index (χ2n) is 5.71. The molecule has 0 saturated carbocycles. The molecule has 6 heteroatoms. The summed E-state index contributed by atoms with van der Waals surface area (Å²) in [7, 11) is 1.67. The topological polar surface area (TPSA) is 73.9 Å². The smallest absolute Gasteiger partial charge is 0.126 e. The number of benzene rings is 1. The number of nitrogens with zero attached hydrogens (tertiary/aromatic N) is 3. The summed E-state index contributed by atoms with van der Waals surface area (Å²) >= 11 is 1.63. The first kappa shape index (κ1) is 15.5. The average molecular weight is 348 g/mol. The number of nitrogen functional groups attached to an aromatic ring is 1. The molecule has 4 rings (SSSR count). The zero-order chi connectivity index (χ0) is 17.4. The predicted octanol–water partition coefficient (Wildman–Crippen LogP) is 4.32. The highest BCUT2D eigenvalue weighted by Crippen LogP contribution is 2.33. The zero-order valence-electron chi connectivity index (χ0n) is 13.9. The van der Waals surface area contributed by atoms with Crippen LogP contribution in [-0.4, -0.2) is 22.1 Å². The van der Waals surface area contributed by atoms with Gasteiger partial charge in [-0.2, -0.15) is 0 Å². The van der Waals surface area contributed by atoms with E-state index in [0.29, 0.717) is 5.82 Å². The Morgan fingerprint density at radius 1 is 1.00 bits per heavy atom. The Hall–Kier alpha value is -2.99. The predicted molar refractivity (Wildman–Crippen MR) is 102 cm³/mol. The van der Waals surface area contributed by atoms with Crippen molar-refractivity contribution < 1.29 is 4.74 Å². The lowest BCUT2D eigenvalue weighted by atomic mass is 10.1. The number of pyridine rings is 2. The van der Waals surface area contributed by atoms with Crippen molar-refractivity contribution in [3.63, 3.8) is 0 Å². The number of aryl methyl sites for hydroxylation is 1. The largest absolute Gasteiger partial charge is 0.497 e. The molecule has 0 atom stereocenters. The van der Waals surface area contributed by atoms with Gasteiger partial charge < -0.3 is 10.5 Å². The zero-order valence-corrected chi connectivity index (χ0v) is 14.7. The first-order valence-corrected chi connectivity index (χ1v) is 8.59. The summed E-state index contributed by atoms with van der Waals surface area (Å²) in [6.07, 6.45) is 3.60. The molecule has 3 aromatic heterocycles. The quantitative estimate of drug-likeness (QED) is 0.597. The lowest BCUT2D eigenvalue weighted by molar-refractivity contribution is 0.415. The van der Waals surface area contributed by atoms with Crippen molar-refractivity contribution in [2.24, 2.45) is 0 Å². The van der Waals surface area contributed by atoms with Gasteiger partial charge in [-0.05, 0) is 48.9 Å². The maximum absolute atomic E-state index is 5.65. The number of nitrogens with two attached hydrogens (primary N) is 1. The SMILES string of the molecule is COc1ccc2nc(-c3cnc(-c4ccc(N)nc4)c(C)c3)sc2c1. The summed E-state index contributed by atoms with van der Waals surface area (Å²) in [5, 5.41) is 0.945. The molecule has 25 heavy (non-hydrogen) atoms. The highest BCUT2D eigenvalue weighted by molar-refractivity contribution is 7.21. The number of fused-ring (bicyclic) bond motifs is 1. The van der Waals surface area contributed by atoms with E-state index in [1.807, 2.05) is 37.4 Å². The van der Waals surface area contributed by atoms with Crippen molar-refractivity contribution in [1.82, 2.24) is 15.0 Å². The molecular weight excluding hydrogens is 332 g/mol. The third-order valence-electron chi connectivity index (χ3n) is 3.98. The molecular formula is C19H16N4OS. The number of hydrogen-bond donors (Lipinski definition) is 1. The second-order valence-corrected chi connectivity index (χ2v) is 6.74. The minimum Gasteiger partial charge on any atom is -0.497 e. The van der Waals surface area contributed by atoms with Gasteiger partial charge in [0.05, 0.1) is 23.0 Å². The lowest BCUT2D eigenvalue weighted by Crippen LogP contribution is -1.93. The summed E-state index contributed by atoms with van der Waals surface area (Å²) in [4.78, 5) is 13.5. The third-order valence-corrected chi connectivity index (χ3v) is 5.05. The van der Waals surface area contributed by atoms with Gasteiger partial charge >= 0.3 is 0 Å². The molecule has 2 N–H and O–H groups in total. The van der Waals surface area contributed by atoms with Crippen LogP contribution in [0.5, 0.6) is 5.75 Å². The maximum Gasteiger partial charge on any atom is 0.126 e. The Morgan fingerprint density at radius 3 is 2.56 bits per heavy atom. The number of methoxy groups -OCH3 is 1. The van der Waals surface area contributed by atoms with Crippen LogP contribution in [0.3, 0.4) is 0 Å². The minimum atomic E-state index is 0.503. The van der Waals surface area contributed by atoms with Gasteiger partial charge in [-0.1, -0.05) is 0 Å². The molecule has 0 aliphatic carbocycles. The van der Waals surface area contributed by atoms with E-state index < -0.39 is 0 Å². The van der Waals surface area contributed by atoms with Crippen LogP contribution in [0.15, 0.2) is 48.8 Å². The van der Waals surface area contributed by atoms with E-state index in [2.05, 4.69) is 16.0 Å². The van der Waals surface area contributed by atoms with Crippen molar-refractivity contribution in [1.29, 1.82) is 0 Å². The highest BCUT2D eigenvalue weighted by Gasteiger charge is 2.11. The van der Waals surface area contributed by atoms with Crippen LogP contribution in [-0.2, 0) is 0 Å². The molecule has 0 aliphatic heterocycles. The van der Waals surface area contributed by atoms with Gasteiger partial charge in [-0.25, -0.2) is 9.97 Å². The molecule has 0 aliphatic rings. The number of anilines is 1. The van der Waals surface area contributed by atoms with Crippen LogP contribution in [0.2, 0.25) is 0 Å². The Morgan fingerprint density at radius 2 is 1.84 bits per heavy atom. The lowest BCUT2D eigenvalue weighted by Gasteiger charge is -2.06. The van der Waals surface area contributed by atoms with Gasteiger partial charge in [0.15, 0.2) is 0 Å². The molecule has 5 nitrogen and oxygen atoms in total. The first-order valence-electron chi connectivity index (χ1n) is 7.77. The van der Waals surface area contributed by atoms with E-state index in [1.165, 1.54) is 0 Å². The standard InChI is InChI=1S/C19H16N4OS/c1-11-7-13(10-22-18(11)12-3-6-17(20)21-9-12)19-23-15-5-4-14(24-2)8-16(15)25-19/h3-10H,1-2H3,(H2,20,21). The van der Waals surface area contributed by atoms with Gasteiger partial charge in [0.1, 0.15) is 16.6 Å². The summed E-state index contributed by atoms with van der Waals surface area (Å²) in [6.45, 7) is 2.04. The van der Waals surface area contributed by atoms with Crippen molar-refractivity contribution >= 4 is 27.4 Å². The Kier molecular flexibility index (Phi) is 3.82. The van der Waals surface area contributed by atoms with E-state index in [4.69, 9.17) is 15.5 Å². The summed E-state index contributed by atoms with van der Waals surface area (Å²) < 4.78 is 6.38. The maximum atomic E-state index is 5.65. The van der Waals surface area contributed by atoms with Crippen LogP contribution in [0, 0.1) is 6.92 Å². The van der Waals surface area contributed by atoms with Crippen molar-refractivity contribution in [2.45, 2.75) is 6.92 Å². The first-order chi connectivity index (χ1) is 12.1. The molecule has 3 heterocycles. The Bertz CT molecular complexity index is 1060. The molecule has 0 bridgehead atoms. The third kappa shape index (κ3) is 2.92. The van der Waals surface area contributed by atoms with Crippen LogP contribution < -0.4 is 10.5 Å². The van der Waals surface area contributed by atoms with E-state index in [0.717, 1.165) is 43.4 Å². The molecule has 0 unspecified atom stereocenters. The van der Waals surface area contributed by atoms with E-state index >= 15 is 0 Å². The van der Waals surface area contributed by atoms with E-state index in [1.54, 1.807) is 30.7 Å². The fourth-order valence-electron chi connectivity index (χ4n) is 2.69. The minimum absolute atomic E-state index is 0.503. The molecule has 0 fully saturated rings. The normalized spacial score (nSPS) is 11.0. The van der Waals surface area contributed by atoms with Gasteiger partial charge in [0.2, 0.25) is 0 Å². The number of hydrogen-bond acceptors (Lipinski definition) is 6. The molecule has 124 valence electrons. The fourth-order valence-corrected chi connectivity index (χ4v) is 3.67. The van der Waals surface area contributed by atoms with Gasteiger partial charge in [-0.15, -0.1) is 11.3 Å². The monoisotopic (exact) mass is 348 g/mol. The molecule has 4 aromatic rings. The average Bonchev–Trinajstić information content (AvgIpc) is 3.05. The molecule has 0 saturated heterocycles. The Balaban J connectivity index is 1.74. The molecule has 0 amide bonds. The number of ether oxygens (including phenoxy) is 1. The highest BCUT2D eigenvalue weighted by atomic mass is 32.1. The molecule has 0 radical (unpaired) electrons. The fraction of sp³-hybridized carbons (Fsp3) is 0.105. The summed E-state index contributed by atoms with van der Waals surface area (Å²) in [6, 6.07) is 11.7. The second kappa shape index (κ2) is 6.14. The van der Waals surface area contributed by atoms with Crippen LogP contribution >= 0.6 is 11.3 Å². The summed E-state index contributed by atoms with van der Waals surface area (Å²) in [5.41, 5.74) is 10.5. The van der Waals surface area contributed by atoms with Crippen molar-refractivity contribution in [3.05, 3.63) is 54.4 Å². The van der Waals surface area contributed by atoms with Crippen LogP contribution in [0.1, 0.15) is 5.56 Å². The Labute approximate surface area is 149 Å². The number of rotatable bonds is 3. The van der Waals surface area contributed by atoms with Crippen LogP contribution in [0.4, 0.5) is 5.82 Å². The van der Waals surface area contributed by atoms with Gasteiger partial charge in [0.25, 0.3) is 0 Å². The molecule has 0 spiro atoms. The van der Waals surface area contributed by atoms with E-state index in [9.17, 15) is 0 Å². The van der Waals surface area contributed by atoms with Crippen LogP contribution in [0.25, 0.3) is 32.0 Å². The van der Waals surface area contributed by atoms with Crippen molar-refractivity contribution in [2.75, 3.05) is 12.8 Å². The van der Waals surface area contributed by atoms with Gasteiger partial charge in [-0.3, -0.25) is 4.98 Å². The summed E-state index contributed by atoms with van der Waals surface area (Å²) in [5.74, 6) is 1.34. The van der Waals surface area contributed by atoms with Crippen molar-refractivity contribution in [3.8, 4) is 27.6 Å². The van der Waals surface area contributed by atoms with E-state index in [-0.39, 0.29) is 0 Å². The number of aromatic nitrogens is 3. The number of thiazole rings is 1. The molecule has 1 aromatic carbocycles. The van der Waals surface area contributed by atoms with Gasteiger partial charge in [0, 0.05) is 23.5 Å².